The normalized spacial score (nSPS) is 16.2. The molecule has 0 fully saturated rings. The number of aromatic amines is 1. The monoisotopic (exact) mass is 377 g/mol. The first kappa shape index (κ1) is 18.2. The van der Waals surface area contributed by atoms with E-state index in [1.54, 1.807) is 29.2 Å². The molecule has 3 amide bonds. The minimum Gasteiger partial charge on any atom is -0.317 e. The van der Waals surface area contributed by atoms with Crippen LogP contribution in [0.25, 0.3) is 0 Å². The molecule has 0 saturated heterocycles. The van der Waals surface area contributed by atoms with E-state index in [1.165, 1.54) is 14.2 Å². The van der Waals surface area contributed by atoms with Gasteiger partial charge < -0.3 is 10.2 Å². The molecule has 2 aromatic rings. The quantitative estimate of drug-likeness (QED) is 0.804. The topological polar surface area (TPSA) is 90.6 Å². The summed E-state index contributed by atoms with van der Waals surface area (Å²) < 4.78 is 0. The fourth-order valence-corrected chi connectivity index (χ4v) is 3.10. The molecule has 1 atom stereocenters. The lowest BCUT2D eigenvalue weighted by Crippen LogP contribution is -2.45. The van der Waals surface area contributed by atoms with Gasteiger partial charge in [-0.2, -0.15) is 5.10 Å². The molecule has 26 heavy (non-hydrogen) atoms. The van der Waals surface area contributed by atoms with E-state index in [1.807, 2.05) is 6.92 Å². The number of urea groups is 1. The molecule has 1 aromatic heterocycles. The Morgan fingerprint density at radius 2 is 2.23 bits per heavy atom. The molecule has 138 valence electrons. The van der Waals surface area contributed by atoms with Crippen LogP contribution in [0, 0.1) is 0 Å². The Hall–Kier alpha value is -2.58. The largest absolute Gasteiger partial charge is 0.322 e. The number of hydrogen-bond acceptors (Lipinski definition) is 4. The van der Waals surface area contributed by atoms with E-state index in [-0.39, 0.29) is 30.2 Å². The van der Waals surface area contributed by atoms with Crippen LogP contribution in [0.5, 0.6) is 0 Å². The summed E-state index contributed by atoms with van der Waals surface area (Å²) in [5, 5.41) is 11.5. The Balaban J connectivity index is 1.81. The van der Waals surface area contributed by atoms with Crippen molar-refractivity contribution in [2.24, 2.45) is 0 Å². The molecule has 1 aliphatic heterocycles. The molecule has 9 heteroatoms. The third-order valence-electron chi connectivity index (χ3n) is 4.41. The molecule has 0 saturated carbocycles. The number of carbonyl (C=O) groups is 2. The number of H-pyrrole nitrogens is 1. The number of nitrogens with zero attached hydrogens (tertiary/aromatic N) is 3. The smallest absolute Gasteiger partial charge is 0.317 e. The summed E-state index contributed by atoms with van der Waals surface area (Å²) >= 11 is 5.96. The number of carbonyl (C=O) groups excluding carboxylic acids is 2. The van der Waals surface area contributed by atoms with Crippen LogP contribution in [0.15, 0.2) is 24.3 Å². The van der Waals surface area contributed by atoms with Crippen LogP contribution >= 0.6 is 11.6 Å². The average Bonchev–Trinajstić information content (AvgIpc) is 3.02. The predicted octanol–water partition coefficient (Wildman–Crippen LogP) is 2.68. The summed E-state index contributed by atoms with van der Waals surface area (Å²) in [5.41, 5.74) is 2.44. The number of halogens is 1. The van der Waals surface area contributed by atoms with E-state index in [0.717, 1.165) is 10.8 Å². The van der Waals surface area contributed by atoms with Crippen molar-refractivity contribution in [3.05, 3.63) is 46.2 Å². The lowest BCUT2D eigenvalue weighted by atomic mass is 9.99. The van der Waals surface area contributed by atoms with Gasteiger partial charge in [0.25, 0.3) is 5.91 Å². The number of aromatic nitrogens is 2. The molecule has 0 aliphatic carbocycles. The van der Waals surface area contributed by atoms with Crippen LogP contribution in [0.4, 0.5) is 10.5 Å². The van der Waals surface area contributed by atoms with Crippen molar-refractivity contribution in [1.29, 1.82) is 0 Å². The second-order valence-corrected chi connectivity index (χ2v) is 6.57. The number of hydrogen-bond donors (Lipinski definition) is 2. The zero-order chi connectivity index (χ0) is 18.8. The SMILES string of the molecule is CON(C)C(=O)c1n[nH]c2c1CN(C(=O)Nc1cccc(Cl)c1)C(C)C2. The van der Waals surface area contributed by atoms with Crippen molar-refractivity contribution in [2.45, 2.75) is 25.9 Å². The van der Waals surface area contributed by atoms with Gasteiger partial charge in [-0.3, -0.25) is 14.7 Å². The van der Waals surface area contributed by atoms with Crippen LogP contribution in [0.1, 0.15) is 28.7 Å². The summed E-state index contributed by atoms with van der Waals surface area (Å²) in [5.74, 6) is -0.366. The van der Waals surface area contributed by atoms with Gasteiger partial charge in [-0.25, -0.2) is 9.86 Å². The molecule has 8 nitrogen and oxygen atoms in total. The van der Waals surface area contributed by atoms with Gasteiger partial charge in [0.2, 0.25) is 0 Å². The van der Waals surface area contributed by atoms with Gasteiger partial charge in [0.15, 0.2) is 5.69 Å². The highest BCUT2D eigenvalue weighted by atomic mass is 35.5. The first-order valence-electron chi connectivity index (χ1n) is 8.12. The van der Waals surface area contributed by atoms with Gasteiger partial charge in [-0.15, -0.1) is 0 Å². The van der Waals surface area contributed by atoms with Crippen molar-refractivity contribution in [3.63, 3.8) is 0 Å². The van der Waals surface area contributed by atoms with Crippen molar-refractivity contribution in [1.82, 2.24) is 20.2 Å². The molecule has 1 aromatic carbocycles. The molecule has 2 N–H and O–H groups in total. The Bertz CT molecular complexity index is 838. The molecular weight excluding hydrogens is 358 g/mol. The van der Waals surface area contributed by atoms with Crippen molar-refractivity contribution in [2.75, 3.05) is 19.5 Å². The molecular formula is C17H20ClN5O3. The third kappa shape index (κ3) is 3.51. The first-order chi connectivity index (χ1) is 12.4. The van der Waals surface area contributed by atoms with Crippen LogP contribution < -0.4 is 5.32 Å². The molecule has 0 bridgehead atoms. The summed E-state index contributed by atoms with van der Waals surface area (Å²) in [6.45, 7) is 2.22. The first-order valence-corrected chi connectivity index (χ1v) is 8.50. The Morgan fingerprint density at radius 3 is 2.92 bits per heavy atom. The fraction of sp³-hybridized carbons (Fsp3) is 0.353. The standard InChI is InChI=1S/C17H20ClN5O3/c1-10-7-14-13(15(21-20-14)16(24)22(2)26-3)9-23(10)17(25)19-12-6-4-5-11(18)8-12/h4-6,8,10H,7,9H2,1-3H3,(H,19,25)(H,20,21). The highest BCUT2D eigenvalue weighted by Gasteiger charge is 2.33. The third-order valence-corrected chi connectivity index (χ3v) is 4.65. The van der Waals surface area contributed by atoms with Crippen LogP contribution in [0.2, 0.25) is 5.02 Å². The maximum absolute atomic E-state index is 12.7. The van der Waals surface area contributed by atoms with Crippen LogP contribution in [-0.4, -0.2) is 52.3 Å². The number of nitrogens with one attached hydrogen (secondary N) is 2. The summed E-state index contributed by atoms with van der Waals surface area (Å²) in [6, 6.07) is 6.64. The number of hydroxylamine groups is 2. The van der Waals surface area contributed by atoms with E-state index in [9.17, 15) is 9.59 Å². The van der Waals surface area contributed by atoms with Crippen molar-refractivity contribution >= 4 is 29.2 Å². The fourth-order valence-electron chi connectivity index (χ4n) is 2.91. The number of rotatable bonds is 3. The van der Waals surface area contributed by atoms with Crippen molar-refractivity contribution < 1.29 is 14.4 Å². The number of amides is 3. The molecule has 3 rings (SSSR count). The number of fused-ring (bicyclic) bond motifs is 1. The maximum Gasteiger partial charge on any atom is 0.322 e. The predicted molar refractivity (Wildman–Crippen MR) is 96.9 cm³/mol. The Kier molecular flexibility index (Phi) is 5.15. The summed E-state index contributed by atoms with van der Waals surface area (Å²) in [6.07, 6.45) is 0.579. The van der Waals surface area contributed by atoms with Gasteiger partial charge in [0.1, 0.15) is 0 Å². The van der Waals surface area contributed by atoms with E-state index < -0.39 is 0 Å². The highest BCUT2D eigenvalue weighted by molar-refractivity contribution is 6.30. The lowest BCUT2D eigenvalue weighted by molar-refractivity contribution is -0.0761. The summed E-state index contributed by atoms with van der Waals surface area (Å²) in [4.78, 5) is 31.7. The van der Waals surface area contributed by atoms with E-state index in [2.05, 4.69) is 15.5 Å². The van der Waals surface area contributed by atoms with Gasteiger partial charge in [-0.1, -0.05) is 17.7 Å². The van der Waals surface area contributed by atoms with Gasteiger partial charge in [-0.05, 0) is 25.1 Å². The maximum atomic E-state index is 12.7. The zero-order valence-corrected chi connectivity index (χ0v) is 15.5. The number of anilines is 1. The average molecular weight is 378 g/mol. The molecule has 1 aliphatic rings. The zero-order valence-electron chi connectivity index (χ0n) is 14.7. The molecule has 0 spiro atoms. The van der Waals surface area contributed by atoms with Gasteiger partial charge in [0, 0.05) is 41.5 Å². The minimum atomic E-state index is -0.366. The van der Waals surface area contributed by atoms with Crippen molar-refractivity contribution in [3.8, 4) is 0 Å². The minimum absolute atomic E-state index is 0.0507. The molecule has 1 unspecified atom stereocenters. The Labute approximate surface area is 156 Å². The second kappa shape index (κ2) is 7.35. The van der Waals surface area contributed by atoms with Crippen LogP contribution in [0.3, 0.4) is 0 Å². The highest BCUT2D eigenvalue weighted by Crippen LogP contribution is 2.26. The number of benzene rings is 1. The van der Waals surface area contributed by atoms with Crippen LogP contribution in [-0.2, 0) is 17.8 Å². The second-order valence-electron chi connectivity index (χ2n) is 6.14. The van der Waals surface area contributed by atoms with E-state index in [4.69, 9.17) is 16.4 Å². The Morgan fingerprint density at radius 1 is 1.46 bits per heavy atom. The van der Waals surface area contributed by atoms with Gasteiger partial charge >= 0.3 is 6.03 Å². The summed E-state index contributed by atoms with van der Waals surface area (Å²) in [7, 11) is 2.92. The van der Waals surface area contributed by atoms with Gasteiger partial charge in [0.05, 0.1) is 13.7 Å². The van der Waals surface area contributed by atoms with E-state index >= 15 is 0 Å². The van der Waals surface area contributed by atoms with E-state index in [0.29, 0.717) is 22.7 Å². The lowest BCUT2D eigenvalue weighted by Gasteiger charge is -2.33. The molecule has 0 radical (unpaired) electrons. The molecule has 2 heterocycles.